The first kappa shape index (κ1) is 16.6. The van der Waals surface area contributed by atoms with E-state index in [0.29, 0.717) is 17.0 Å². The molecule has 2 aromatic carbocycles. The second kappa shape index (κ2) is 7.09. The summed E-state index contributed by atoms with van der Waals surface area (Å²) in [6.45, 7) is 1.98. The summed E-state index contributed by atoms with van der Waals surface area (Å²) >= 11 is 0. The van der Waals surface area contributed by atoms with Crippen LogP contribution in [0.25, 0.3) is 10.9 Å². The molecule has 0 saturated carbocycles. The van der Waals surface area contributed by atoms with Gasteiger partial charge in [0.15, 0.2) is 0 Å². The van der Waals surface area contributed by atoms with E-state index >= 15 is 0 Å². The lowest BCUT2D eigenvalue weighted by Gasteiger charge is -2.08. The summed E-state index contributed by atoms with van der Waals surface area (Å²) in [5.74, 6) is -0.272. The molecule has 3 aromatic rings. The molecule has 0 aliphatic rings. The van der Waals surface area contributed by atoms with Gasteiger partial charge in [0.25, 0.3) is 5.91 Å². The first-order valence-corrected chi connectivity index (χ1v) is 7.87. The van der Waals surface area contributed by atoms with Crippen molar-refractivity contribution in [3.63, 3.8) is 0 Å². The fourth-order valence-corrected chi connectivity index (χ4v) is 2.58. The Morgan fingerprint density at radius 3 is 2.68 bits per heavy atom. The minimum absolute atomic E-state index is 0.222. The summed E-state index contributed by atoms with van der Waals surface area (Å²) in [5.41, 5.74) is 1.80. The minimum atomic E-state index is -0.514. The van der Waals surface area contributed by atoms with Gasteiger partial charge in [-0.15, -0.1) is 0 Å². The second-order valence-corrected chi connectivity index (χ2v) is 5.33. The van der Waals surface area contributed by atoms with Crippen molar-refractivity contribution in [3.8, 4) is 5.75 Å². The zero-order chi connectivity index (χ0) is 17.8. The van der Waals surface area contributed by atoms with E-state index in [2.05, 4.69) is 10.3 Å². The molecular weight excluding hydrogens is 320 g/mol. The SMILES string of the molecule is CCOC(=O)c1[nH]c2ccccc2c1NC(=O)c1cccc(OC)c1. The van der Waals surface area contributed by atoms with Crippen LogP contribution < -0.4 is 10.1 Å². The van der Waals surface area contributed by atoms with Gasteiger partial charge in [-0.25, -0.2) is 4.79 Å². The van der Waals surface area contributed by atoms with Gasteiger partial charge >= 0.3 is 5.97 Å². The summed E-state index contributed by atoms with van der Waals surface area (Å²) in [6.07, 6.45) is 0. The van der Waals surface area contributed by atoms with E-state index in [1.54, 1.807) is 31.2 Å². The average molecular weight is 338 g/mol. The molecule has 2 N–H and O–H groups in total. The van der Waals surface area contributed by atoms with E-state index in [1.165, 1.54) is 7.11 Å². The van der Waals surface area contributed by atoms with Gasteiger partial charge in [0.05, 0.1) is 19.4 Å². The Labute approximate surface area is 144 Å². The Balaban J connectivity index is 2.00. The number of amides is 1. The number of carbonyl (C=O) groups excluding carboxylic acids is 2. The monoisotopic (exact) mass is 338 g/mol. The molecule has 1 heterocycles. The third kappa shape index (κ3) is 3.33. The highest BCUT2D eigenvalue weighted by molar-refractivity contribution is 6.14. The summed E-state index contributed by atoms with van der Waals surface area (Å²) in [5, 5.41) is 3.55. The van der Waals surface area contributed by atoms with Crippen molar-refractivity contribution in [1.29, 1.82) is 0 Å². The topological polar surface area (TPSA) is 80.4 Å². The Bertz CT molecular complexity index is 930. The first-order valence-electron chi connectivity index (χ1n) is 7.87. The molecule has 25 heavy (non-hydrogen) atoms. The van der Waals surface area contributed by atoms with Crippen LogP contribution in [0.4, 0.5) is 5.69 Å². The van der Waals surface area contributed by atoms with Crippen LogP contribution in [0.3, 0.4) is 0 Å². The number of aromatic nitrogens is 1. The highest BCUT2D eigenvalue weighted by Crippen LogP contribution is 2.29. The van der Waals surface area contributed by atoms with Crippen LogP contribution >= 0.6 is 0 Å². The molecule has 0 atom stereocenters. The van der Waals surface area contributed by atoms with E-state index < -0.39 is 5.97 Å². The fraction of sp³-hybridized carbons (Fsp3) is 0.158. The maximum atomic E-state index is 12.6. The highest BCUT2D eigenvalue weighted by atomic mass is 16.5. The Kier molecular flexibility index (Phi) is 4.70. The third-order valence-corrected chi connectivity index (χ3v) is 3.76. The van der Waals surface area contributed by atoms with Crippen LogP contribution in [-0.2, 0) is 4.74 Å². The highest BCUT2D eigenvalue weighted by Gasteiger charge is 2.21. The molecule has 0 saturated heterocycles. The number of H-pyrrole nitrogens is 1. The average Bonchev–Trinajstić information content (AvgIpc) is 3.00. The van der Waals surface area contributed by atoms with E-state index in [1.807, 2.05) is 24.3 Å². The number of methoxy groups -OCH3 is 1. The number of nitrogens with one attached hydrogen (secondary N) is 2. The van der Waals surface area contributed by atoms with Crippen LogP contribution in [0.15, 0.2) is 48.5 Å². The predicted octanol–water partition coefficient (Wildman–Crippen LogP) is 3.61. The molecule has 0 radical (unpaired) electrons. The van der Waals surface area contributed by atoms with Crippen molar-refractivity contribution < 1.29 is 19.1 Å². The van der Waals surface area contributed by atoms with Crippen molar-refractivity contribution in [2.45, 2.75) is 6.92 Å². The number of anilines is 1. The molecule has 0 unspecified atom stereocenters. The number of hydrogen-bond acceptors (Lipinski definition) is 4. The summed E-state index contributed by atoms with van der Waals surface area (Å²) in [4.78, 5) is 27.9. The van der Waals surface area contributed by atoms with Crippen molar-refractivity contribution in [1.82, 2.24) is 4.98 Å². The molecule has 6 heteroatoms. The Hall–Kier alpha value is -3.28. The van der Waals surface area contributed by atoms with E-state index in [9.17, 15) is 9.59 Å². The first-order chi connectivity index (χ1) is 12.1. The Morgan fingerprint density at radius 2 is 1.92 bits per heavy atom. The molecule has 0 aliphatic heterocycles. The number of rotatable bonds is 5. The number of benzene rings is 2. The number of ether oxygens (including phenoxy) is 2. The molecule has 1 aromatic heterocycles. The quantitative estimate of drug-likeness (QED) is 0.697. The standard InChI is InChI=1S/C19H18N2O4/c1-3-25-19(23)17-16(14-9-4-5-10-15(14)20-17)21-18(22)12-7-6-8-13(11-12)24-2/h4-11,20H,3H2,1-2H3,(H,21,22). The van der Waals surface area contributed by atoms with Crippen LogP contribution in [0.5, 0.6) is 5.75 Å². The van der Waals surface area contributed by atoms with Crippen molar-refractivity contribution in [2.24, 2.45) is 0 Å². The number of esters is 1. The lowest BCUT2D eigenvalue weighted by molar-refractivity contribution is 0.0522. The minimum Gasteiger partial charge on any atom is -0.497 e. The maximum absolute atomic E-state index is 12.6. The molecule has 3 rings (SSSR count). The third-order valence-electron chi connectivity index (χ3n) is 3.76. The maximum Gasteiger partial charge on any atom is 0.356 e. The van der Waals surface area contributed by atoms with Crippen molar-refractivity contribution in [2.75, 3.05) is 19.0 Å². The van der Waals surface area contributed by atoms with Gasteiger partial charge in [-0.2, -0.15) is 0 Å². The largest absolute Gasteiger partial charge is 0.497 e. The number of fused-ring (bicyclic) bond motifs is 1. The van der Waals surface area contributed by atoms with Crippen LogP contribution in [0.2, 0.25) is 0 Å². The van der Waals surface area contributed by atoms with Crippen molar-refractivity contribution >= 4 is 28.5 Å². The summed E-state index contributed by atoms with van der Waals surface area (Å²) in [6, 6.07) is 14.1. The smallest absolute Gasteiger partial charge is 0.356 e. The molecule has 0 spiro atoms. The Morgan fingerprint density at radius 1 is 1.12 bits per heavy atom. The molecule has 0 bridgehead atoms. The second-order valence-electron chi connectivity index (χ2n) is 5.33. The summed E-state index contributed by atoms with van der Waals surface area (Å²) < 4.78 is 10.2. The molecule has 6 nitrogen and oxygen atoms in total. The molecule has 0 aliphatic carbocycles. The van der Waals surface area contributed by atoms with Gasteiger partial charge in [-0.3, -0.25) is 4.79 Å². The number of para-hydroxylation sites is 1. The number of carbonyl (C=O) groups is 2. The van der Waals surface area contributed by atoms with Crippen LogP contribution in [0, 0.1) is 0 Å². The molecular formula is C19H18N2O4. The number of aromatic amines is 1. The zero-order valence-corrected chi connectivity index (χ0v) is 14.0. The molecule has 128 valence electrons. The van der Waals surface area contributed by atoms with E-state index in [4.69, 9.17) is 9.47 Å². The van der Waals surface area contributed by atoms with E-state index in [0.717, 1.165) is 10.9 Å². The van der Waals surface area contributed by atoms with Crippen molar-refractivity contribution in [3.05, 3.63) is 59.8 Å². The van der Waals surface area contributed by atoms with Gasteiger partial charge in [0.2, 0.25) is 0 Å². The van der Waals surface area contributed by atoms with Gasteiger partial charge in [0.1, 0.15) is 11.4 Å². The van der Waals surface area contributed by atoms with Gasteiger partial charge < -0.3 is 19.8 Å². The molecule has 0 fully saturated rings. The number of hydrogen-bond donors (Lipinski definition) is 2. The molecule has 1 amide bonds. The van der Waals surface area contributed by atoms with Crippen LogP contribution in [-0.4, -0.2) is 30.6 Å². The van der Waals surface area contributed by atoms with Crippen LogP contribution in [0.1, 0.15) is 27.8 Å². The lowest BCUT2D eigenvalue weighted by Crippen LogP contribution is -2.15. The summed E-state index contributed by atoms with van der Waals surface area (Å²) in [7, 11) is 1.54. The lowest BCUT2D eigenvalue weighted by atomic mass is 10.1. The fourth-order valence-electron chi connectivity index (χ4n) is 2.58. The zero-order valence-electron chi connectivity index (χ0n) is 14.0. The van der Waals surface area contributed by atoms with Gasteiger partial charge in [-0.1, -0.05) is 24.3 Å². The van der Waals surface area contributed by atoms with Gasteiger partial charge in [-0.05, 0) is 31.2 Å². The predicted molar refractivity (Wildman–Crippen MR) is 95.2 cm³/mol. The van der Waals surface area contributed by atoms with Gasteiger partial charge in [0, 0.05) is 16.5 Å². The van der Waals surface area contributed by atoms with E-state index in [-0.39, 0.29) is 18.2 Å². The normalized spacial score (nSPS) is 10.5.